The van der Waals surface area contributed by atoms with E-state index in [0.29, 0.717) is 18.5 Å². The van der Waals surface area contributed by atoms with Gasteiger partial charge in [-0.1, -0.05) is 26.7 Å². The third kappa shape index (κ3) is 4.11. The van der Waals surface area contributed by atoms with Gasteiger partial charge in [-0.2, -0.15) is 0 Å². The lowest BCUT2D eigenvalue weighted by Gasteiger charge is -2.34. The van der Waals surface area contributed by atoms with Gasteiger partial charge in [0.05, 0.1) is 0 Å². The number of hydrogen-bond acceptors (Lipinski definition) is 2. The fraction of sp³-hybridized carbons (Fsp3) is 0.875. The zero-order chi connectivity index (χ0) is 15.4. The third-order valence-corrected chi connectivity index (χ3v) is 4.67. The van der Waals surface area contributed by atoms with E-state index in [4.69, 9.17) is 5.11 Å². The Labute approximate surface area is 127 Å². The van der Waals surface area contributed by atoms with Crippen molar-refractivity contribution < 1.29 is 14.7 Å². The zero-order valence-corrected chi connectivity index (χ0v) is 13.3. The zero-order valence-electron chi connectivity index (χ0n) is 13.3. The van der Waals surface area contributed by atoms with E-state index in [-0.39, 0.29) is 18.5 Å². The van der Waals surface area contributed by atoms with Gasteiger partial charge in [-0.15, -0.1) is 0 Å². The number of aliphatic carboxylic acids is 1. The van der Waals surface area contributed by atoms with Crippen LogP contribution in [0.4, 0.5) is 4.79 Å². The van der Waals surface area contributed by atoms with Crippen molar-refractivity contribution in [2.75, 3.05) is 19.6 Å². The van der Waals surface area contributed by atoms with Crippen molar-refractivity contribution in [2.24, 2.45) is 11.8 Å². The summed E-state index contributed by atoms with van der Waals surface area (Å²) in [7, 11) is 0. The Kier molecular flexibility index (Phi) is 5.48. The normalized spacial score (nSPS) is 23.0. The van der Waals surface area contributed by atoms with Gasteiger partial charge in [0.1, 0.15) is 6.54 Å². The summed E-state index contributed by atoms with van der Waals surface area (Å²) < 4.78 is 0. The lowest BCUT2D eigenvalue weighted by molar-refractivity contribution is -0.137. The van der Waals surface area contributed by atoms with Crippen molar-refractivity contribution in [1.82, 2.24) is 9.80 Å². The molecule has 1 N–H and O–H groups in total. The summed E-state index contributed by atoms with van der Waals surface area (Å²) in [6, 6.07) is 0.268. The molecule has 2 fully saturated rings. The van der Waals surface area contributed by atoms with E-state index in [1.54, 1.807) is 0 Å². The molecule has 21 heavy (non-hydrogen) atoms. The summed E-state index contributed by atoms with van der Waals surface area (Å²) in [6.45, 7) is 5.14. The molecular weight excluding hydrogens is 268 g/mol. The molecule has 0 radical (unpaired) electrons. The van der Waals surface area contributed by atoms with E-state index >= 15 is 0 Å². The molecule has 5 nitrogen and oxygen atoms in total. The number of likely N-dealkylation sites (tertiary alicyclic amines) is 1. The quantitative estimate of drug-likeness (QED) is 0.848. The van der Waals surface area contributed by atoms with Gasteiger partial charge in [0, 0.05) is 19.1 Å². The summed E-state index contributed by atoms with van der Waals surface area (Å²) in [5.74, 6) is -0.0244. The molecule has 1 aliphatic carbocycles. The molecule has 1 heterocycles. The van der Waals surface area contributed by atoms with Crippen molar-refractivity contribution in [3.8, 4) is 0 Å². The standard InChI is InChI=1S/C16H28N2O3/c1-12(2)10-17(11-15(19)20)16(21)18-9-5-8-14(18)13-6-3-4-7-13/h12-14H,3-11H2,1-2H3,(H,19,20). The summed E-state index contributed by atoms with van der Waals surface area (Å²) in [5.41, 5.74) is 0. The number of carbonyl (C=O) groups is 2. The van der Waals surface area contributed by atoms with Crippen LogP contribution in [0.2, 0.25) is 0 Å². The molecule has 0 spiro atoms. The van der Waals surface area contributed by atoms with Crippen molar-refractivity contribution in [1.29, 1.82) is 0 Å². The van der Waals surface area contributed by atoms with Gasteiger partial charge in [0.25, 0.3) is 0 Å². The minimum Gasteiger partial charge on any atom is -0.480 e. The average molecular weight is 296 g/mol. The Bertz CT molecular complexity index is 378. The Morgan fingerprint density at radius 2 is 1.86 bits per heavy atom. The number of hydrogen-bond donors (Lipinski definition) is 1. The largest absolute Gasteiger partial charge is 0.480 e. The number of amides is 2. The van der Waals surface area contributed by atoms with Gasteiger partial charge in [-0.3, -0.25) is 4.79 Å². The van der Waals surface area contributed by atoms with Gasteiger partial charge in [0.2, 0.25) is 0 Å². The molecule has 1 saturated carbocycles. The first kappa shape index (κ1) is 16.1. The molecule has 5 heteroatoms. The molecule has 0 bridgehead atoms. The van der Waals surface area contributed by atoms with E-state index in [9.17, 15) is 9.59 Å². The van der Waals surface area contributed by atoms with Gasteiger partial charge >= 0.3 is 12.0 Å². The molecule has 120 valence electrons. The van der Waals surface area contributed by atoms with Gasteiger partial charge in [-0.05, 0) is 37.5 Å². The predicted octanol–water partition coefficient (Wildman–Crippen LogP) is 2.80. The van der Waals surface area contributed by atoms with Crippen LogP contribution in [0.1, 0.15) is 52.4 Å². The Balaban J connectivity index is 2.04. The number of urea groups is 1. The maximum absolute atomic E-state index is 12.8. The van der Waals surface area contributed by atoms with Crippen LogP contribution in [0.5, 0.6) is 0 Å². The van der Waals surface area contributed by atoms with Crippen LogP contribution in [0.3, 0.4) is 0 Å². The minimum absolute atomic E-state index is 0.0690. The van der Waals surface area contributed by atoms with Crippen LogP contribution in [0.25, 0.3) is 0 Å². The van der Waals surface area contributed by atoms with Crippen LogP contribution in [0, 0.1) is 11.8 Å². The molecule has 2 rings (SSSR count). The molecule has 1 atom stereocenters. The predicted molar refractivity (Wildman–Crippen MR) is 81.1 cm³/mol. The number of nitrogens with zero attached hydrogens (tertiary/aromatic N) is 2. The third-order valence-electron chi connectivity index (χ3n) is 4.67. The lowest BCUT2D eigenvalue weighted by atomic mass is 9.96. The first-order valence-corrected chi connectivity index (χ1v) is 8.26. The Morgan fingerprint density at radius 1 is 1.19 bits per heavy atom. The molecule has 0 aromatic carbocycles. The second-order valence-corrected chi connectivity index (χ2v) is 6.90. The van der Waals surface area contributed by atoms with Crippen molar-refractivity contribution in [3.63, 3.8) is 0 Å². The van der Waals surface area contributed by atoms with Crippen LogP contribution < -0.4 is 0 Å². The second kappa shape index (κ2) is 7.14. The summed E-state index contributed by atoms with van der Waals surface area (Å²) in [5, 5.41) is 9.05. The summed E-state index contributed by atoms with van der Waals surface area (Å²) >= 11 is 0. The van der Waals surface area contributed by atoms with E-state index in [1.165, 1.54) is 30.6 Å². The highest BCUT2D eigenvalue weighted by molar-refractivity contribution is 5.80. The highest BCUT2D eigenvalue weighted by Gasteiger charge is 2.37. The number of carboxylic acid groups (broad SMARTS) is 1. The van der Waals surface area contributed by atoms with Crippen LogP contribution >= 0.6 is 0 Å². The molecule has 1 saturated heterocycles. The first-order chi connectivity index (χ1) is 9.99. The smallest absolute Gasteiger partial charge is 0.323 e. The van der Waals surface area contributed by atoms with Crippen LogP contribution in [0.15, 0.2) is 0 Å². The van der Waals surface area contributed by atoms with Gasteiger partial charge < -0.3 is 14.9 Å². The van der Waals surface area contributed by atoms with Crippen LogP contribution in [-0.2, 0) is 4.79 Å². The average Bonchev–Trinajstić information content (AvgIpc) is 3.06. The van der Waals surface area contributed by atoms with E-state index in [1.807, 2.05) is 18.7 Å². The van der Waals surface area contributed by atoms with E-state index in [2.05, 4.69) is 0 Å². The fourth-order valence-corrected chi connectivity index (χ4v) is 3.86. The van der Waals surface area contributed by atoms with Crippen molar-refractivity contribution >= 4 is 12.0 Å². The number of carboxylic acids is 1. The maximum atomic E-state index is 12.8. The monoisotopic (exact) mass is 296 g/mol. The Hall–Kier alpha value is -1.26. The lowest BCUT2D eigenvalue weighted by Crippen LogP contribution is -2.49. The van der Waals surface area contributed by atoms with Crippen molar-refractivity contribution in [3.05, 3.63) is 0 Å². The summed E-state index contributed by atoms with van der Waals surface area (Å²) in [4.78, 5) is 27.3. The maximum Gasteiger partial charge on any atom is 0.323 e. The molecular formula is C16H28N2O3. The second-order valence-electron chi connectivity index (χ2n) is 6.90. The fourth-order valence-electron chi connectivity index (χ4n) is 3.86. The topological polar surface area (TPSA) is 60.9 Å². The molecule has 2 aliphatic rings. The highest BCUT2D eigenvalue weighted by atomic mass is 16.4. The highest BCUT2D eigenvalue weighted by Crippen LogP contribution is 2.35. The van der Waals surface area contributed by atoms with E-state index in [0.717, 1.165) is 19.4 Å². The number of rotatable bonds is 5. The molecule has 1 unspecified atom stereocenters. The molecule has 2 amide bonds. The molecule has 0 aromatic rings. The van der Waals surface area contributed by atoms with Gasteiger partial charge in [-0.25, -0.2) is 4.79 Å². The first-order valence-electron chi connectivity index (χ1n) is 8.26. The minimum atomic E-state index is -0.930. The molecule has 0 aromatic heterocycles. The number of carbonyl (C=O) groups excluding carboxylic acids is 1. The molecule has 1 aliphatic heterocycles. The summed E-state index contributed by atoms with van der Waals surface area (Å²) in [6.07, 6.45) is 7.12. The van der Waals surface area contributed by atoms with Gasteiger partial charge in [0.15, 0.2) is 0 Å². The SMILES string of the molecule is CC(C)CN(CC(=O)O)C(=O)N1CCCC1C1CCCC1. The Morgan fingerprint density at radius 3 is 2.43 bits per heavy atom. The van der Waals surface area contributed by atoms with Crippen LogP contribution in [-0.4, -0.2) is 52.6 Å². The van der Waals surface area contributed by atoms with Crippen molar-refractivity contribution in [2.45, 2.75) is 58.4 Å². The van der Waals surface area contributed by atoms with E-state index < -0.39 is 5.97 Å².